The molecule has 6 rings (SSSR count). The van der Waals surface area contributed by atoms with Gasteiger partial charge in [-0.1, -0.05) is 24.3 Å². The lowest BCUT2D eigenvalue weighted by atomic mass is 10.0. The molecule has 3 aliphatic rings. The molecule has 2 aliphatic carbocycles. The Balaban J connectivity index is 1.36. The van der Waals surface area contributed by atoms with Crippen LogP contribution in [0.4, 0.5) is 17.6 Å². The second kappa shape index (κ2) is 8.90. The predicted molar refractivity (Wildman–Crippen MR) is 135 cm³/mol. The SMILES string of the molecule is N[C@@H]1C[C@H](N)CN(c2nc(Nc3ccc4c(c3)-c3ccccc3C4=O)nc(C3C[C@@H](O)[C@@H](O)C3)n2)C1. The summed E-state index contributed by atoms with van der Waals surface area (Å²) < 4.78 is 0. The predicted octanol–water partition coefficient (Wildman–Crippen LogP) is 1.29. The summed E-state index contributed by atoms with van der Waals surface area (Å²) in [6, 6.07) is 13.0. The molecule has 1 aliphatic heterocycles. The Labute approximate surface area is 208 Å². The third-order valence-electron chi connectivity index (χ3n) is 7.28. The normalized spacial score (nSPS) is 27.2. The molecule has 7 N–H and O–H groups in total. The van der Waals surface area contributed by atoms with E-state index < -0.39 is 12.2 Å². The summed E-state index contributed by atoms with van der Waals surface area (Å²) in [4.78, 5) is 28.8. The van der Waals surface area contributed by atoms with Crippen LogP contribution in [0.25, 0.3) is 11.1 Å². The van der Waals surface area contributed by atoms with Crippen LogP contribution in [-0.2, 0) is 0 Å². The van der Waals surface area contributed by atoms with Gasteiger partial charge in [0.05, 0.1) is 12.2 Å². The molecule has 0 spiro atoms. The number of aliphatic hydroxyl groups is 2. The van der Waals surface area contributed by atoms with Gasteiger partial charge >= 0.3 is 0 Å². The number of hydrogen-bond acceptors (Lipinski definition) is 10. The number of hydrogen-bond donors (Lipinski definition) is 5. The van der Waals surface area contributed by atoms with E-state index in [1.807, 2.05) is 47.4 Å². The van der Waals surface area contributed by atoms with Crippen LogP contribution < -0.4 is 21.7 Å². The summed E-state index contributed by atoms with van der Waals surface area (Å²) in [6.45, 7) is 1.15. The molecule has 10 heteroatoms. The fourth-order valence-corrected chi connectivity index (χ4v) is 5.54. The lowest BCUT2D eigenvalue weighted by Gasteiger charge is -2.34. The number of aliphatic hydroxyl groups excluding tert-OH is 2. The number of aromatic nitrogens is 3. The molecule has 0 amide bonds. The number of benzene rings is 2. The van der Waals surface area contributed by atoms with Crippen LogP contribution in [0.15, 0.2) is 42.5 Å². The number of ketones is 1. The first-order chi connectivity index (χ1) is 17.4. The number of carbonyl (C=O) groups excluding carboxylic acids is 1. The van der Waals surface area contributed by atoms with Crippen molar-refractivity contribution in [3.05, 3.63) is 59.4 Å². The lowest BCUT2D eigenvalue weighted by molar-refractivity contribution is 0.0438. The minimum absolute atomic E-state index is 0.0213. The van der Waals surface area contributed by atoms with Crippen molar-refractivity contribution in [1.29, 1.82) is 0 Å². The lowest BCUT2D eigenvalue weighted by Crippen LogP contribution is -2.53. The number of nitrogens with one attached hydrogen (secondary N) is 1. The first kappa shape index (κ1) is 23.0. The van der Waals surface area contributed by atoms with E-state index in [0.29, 0.717) is 54.8 Å². The van der Waals surface area contributed by atoms with Crippen molar-refractivity contribution in [2.24, 2.45) is 11.5 Å². The summed E-state index contributed by atoms with van der Waals surface area (Å²) >= 11 is 0. The molecule has 10 nitrogen and oxygen atoms in total. The van der Waals surface area contributed by atoms with Crippen molar-refractivity contribution in [3.8, 4) is 11.1 Å². The van der Waals surface area contributed by atoms with E-state index in [1.165, 1.54) is 0 Å². The first-order valence-corrected chi connectivity index (χ1v) is 12.3. The Kier molecular flexibility index (Phi) is 5.68. The van der Waals surface area contributed by atoms with Crippen LogP contribution in [0.5, 0.6) is 0 Å². The quantitative estimate of drug-likeness (QED) is 0.283. The maximum absolute atomic E-state index is 12.8. The van der Waals surface area contributed by atoms with E-state index in [4.69, 9.17) is 16.5 Å². The Hall–Kier alpha value is -3.44. The van der Waals surface area contributed by atoms with Gasteiger partial charge in [-0.05, 0) is 48.6 Å². The number of carbonyl (C=O) groups is 1. The fraction of sp³-hybridized carbons (Fsp3) is 0.385. The van der Waals surface area contributed by atoms with Gasteiger partial charge < -0.3 is 31.9 Å². The summed E-state index contributed by atoms with van der Waals surface area (Å²) in [6.07, 6.45) is -0.132. The van der Waals surface area contributed by atoms with Gasteiger partial charge in [-0.2, -0.15) is 15.0 Å². The Morgan fingerprint density at radius 2 is 1.50 bits per heavy atom. The summed E-state index contributed by atoms with van der Waals surface area (Å²) in [5, 5.41) is 23.5. The van der Waals surface area contributed by atoms with Crippen LogP contribution in [0.3, 0.4) is 0 Å². The minimum atomic E-state index is -0.808. The van der Waals surface area contributed by atoms with E-state index >= 15 is 0 Å². The third kappa shape index (κ3) is 4.11. The topological polar surface area (TPSA) is 164 Å². The highest BCUT2D eigenvalue weighted by Gasteiger charge is 2.35. The monoisotopic (exact) mass is 487 g/mol. The van der Waals surface area contributed by atoms with Crippen molar-refractivity contribution in [3.63, 3.8) is 0 Å². The van der Waals surface area contributed by atoms with Crippen molar-refractivity contribution >= 4 is 23.4 Å². The molecule has 3 aromatic rings. The average Bonchev–Trinajstić information content (AvgIpc) is 3.34. The Bertz CT molecular complexity index is 1310. The Morgan fingerprint density at radius 1 is 0.833 bits per heavy atom. The highest BCUT2D eigenvalue weighted by Crippen LogP contribution is 2.39. The van der Waals surface area contributed by atoms with Crippen molar-refractivity contribution < 1.29 is 15.0 Å². The smallest absolute Gasteiger partial charge is 0.232 e. The van der Waals surface area contributed by atoms with Crippen LogP contribution >= 0.6 is 0 Å². The highest BCUT2D eigenvalue weighted by molar-refractivity contribution is 6.22. The summed E-state index contributed by atoms with van der Waals surface area (Å²) in [7, 11) is 0. The maximum Gasteiger partial charge on any atom is 0.232 e. The van der Waals surface area contributed by atoms with Crippen molar-refractivity contribution in [2.45, 2.75) is 49.5 Å². The highest BCUT2D eigenvalue weighted by atomic mass is 16.3. The van der Waals surface area contributed by atoms with Gasteiger partial charge in [0.1, 0.15) is 5.82 Å². The first-order valence-electron chi connectivity index (χ1n) is 12.3. The van der Waals surface area contributed by atoms with Gasteiger partial charge in [0, 0.05) is 47.9 Å². The third-order valence-corrected chi connectivity index (χ3v) is 7.28. The molecular weight excluding hydrogens is 458 g/mol. The van der Waals surface area contributed by atoms with Crippen LogP contribution in [0.2, 0.25) is 0 Å². The molecule has 0 bridgehead atoms. The van der Waals surface area contributed by atoms with E-state index in [0.717, 1.165) is 23.2 Å². The zero-order valence-corrected chi connectivity index (χ0v) is 19.7. The molecule has 0 radical (unpaired) electrons. The number of nitrogens with two attached hydrogens (primary N) is 2. The van der Waals surface area contributed by atoms with Gasteiger partial charge in [-0.15, -0.1) is 0 Å². The number of rotatable bonds is 4. The zero-order chi connectivity index (χ0) is 25.0. The second-order valence-electron chi connectivity index (χ2n) is 10.0. The molecule has 1 saturated heterocycles. The summed E-state index contributed by atoms with van der Waals surface area (Å²) in [5.74, 6) is 1.14. The molecule has 36 heavy (non-hydrogen) atoms. The molecule has 2 heterocycles. The van der Waals surface area contributed by atoms with Gasteiger partial charge in [0.15, 0.2) is 5.78 Å². The van der Waals surface area contributed by atoms with Gasteiger partial charge in [0.2, 0.25) is 11.9 Å². The summed E-state index contributed by atoms with van der Waals surface area (Å²) in [5.41, 5.74) is 16.3. The number of fused-ring (bicyclic) bond motifs is 3. The molecule has 186 valence electrons. The van der Waals surface area contributed by atoms with E-state index in [1.54, 1.807) is 0 Å². The van der Waals surface area contributed by atoms with Crippen LogP contribution in [-0.4, -0.2) is 68.3 Å². The van der Waals surface area contributed by atoms with Crippen molar-refractivity contribution in [2.75, 3.05) is 23.3 Å². The molecule has 5 atom stereocenters. The van der Waals surface area contributed by atoms with Crippen LogP contribution in [0.1, 0.15) is 46.9 Å². The second-order valence-corrected chi connectivity index (χ2v) is 10.0. The standard InChI is InChI=1S/C26H29N7O3/c27-14-9-15(28)12-33(11-14)26-31-24(13-7-21(34)22(35)8-13)30-25(32-26)29-16-5-6-19-20(10-16)17-3-1-2-4-18(17)23(19)36/h1-6,10,13-15,21-22,34-35H,7-9,11-12,27-28H2,(H,29,30,31,32)/t13?,14-,15+,21-,22+. The number of anilines is 3. The fourth-order valence-electron chi connectivity index (χ4n) is 5.54. The molecular formula is C26H29N7O3. The van der Waals surface area contributed by atoms with Gasteiger partial charge in [0.25, 0.3) is 0 Å². The largest absolute Gasteiger partial charge is 0.390 e. The number of piperidine rings is 1. The molecule has 2 aromatic carbocycles. The molecule has 2 fully saturated rings. The van der Waals surface area contributed by atoms with E-state index in [-0.39, 0.29) is 23.8 Å². The van der Waals surface area contributed by atoms with Gasteiger partial charge in [-0.25, -0.2) is 0 Å². The van der Waals surface area contributed by atoms with E-state index in [2.05, 4.69) is 15.3 Å². The molecule has 1 saturated carbocycles. The molecule has 1 unspecified atom stereocenters. The van der Waals surface area contributed by atoms with Crippen molar-refractivity contribution in [1.82, 2.24) is 15.0 Å². The maximum atomic E-state index is 12.8. The molecule has 1 aromatic heterocycles. The Morgan fingerprint density at radius 3 is 2.22 bits per heavy atom. The average molecular weight is 488 g/mol. The van der Waals surface area contributed by atoms with Gasteiger partial charge in [-0.3, -0.25) is 4.79 Å². The van der Waals surface area contributed by atoms with Crippen LogP contribution in [0, 0.1) is 0 Å². The minimum Gasteiger partial charge on any atom is -0.390 e. The van der Waals surface area contributed by atoms with E-state index in [9.17, 15) is 15.0 Å². The number of nitrogens with zero attached hydrogens (tertiary/aromatic N) is 4. The zero-order valence-electron chi connectivity index (χ0n) is 19.7.